The minimum Gasteiger partial charge on any atom is -0.494 e. The van der Waals surface area contributed by atoms with Crippen molar-refractivity contribution >= 4 is 34.1 Å². The third kappa shape index (κ3) is 4.80. The molecule has 1 aromatic carbocycles. The number of nitrogens with zero attached hydrogens (tertiary/aromatic N) is 3. The Balaban J connectivity index is 1.95. The summed E-state index contributed by atoms with van der Waals surface area (Å²) in [7, 11) is 1.41. The lowest BCUT2D eigenvalue weighted by molar-refractivity contribution is -0.128. The lowest BCUT2D eigenvalue weighted by atomic mass is 10.2. The summed E-state index contributed by atoms with van der Waals surface area (Å²) in [6.45, 7) is 2.76. The second-order valence-corrected chi connectivity index (χ2v) is 6.80. The van der Waals surface area contributed by atoms with Crippen molar-refractivity contribution in [2.24, 2.45) is 0 Å². The maximum atomic E-state index is 13.7. The van der Waals surface area contributed by atoms with Crippen molar-refractivity contribution in [3.8, 4) is 5.75 Å². The van der Waals surface area contributed by atoms with Crippen molar-refractivity contribution in [1.29, 1.82) is 0 Å². The van der Waals surface area contributed by atoms with Crippen molar-refractivity contribution < 1.29 is 13.9 Å². The first-order valence-electron chi connectivity index (χ1n) is 6.85. The van der Waals surface area contributed by atoms with Crippen LogP contribution in [0, 0.1) is 5.82 Å². The molecule has 1 aromatic heterocycles. The standard InChI is InChI=1S/C14H17FN4O2S2/c1-3-19(7-9-4-5-11(21-2)10(15)6-9)12(20)8-22-14-18-17-13(16)23-14/h4-6H,3,7-8H2,1-2H3,(H2,16,17). The number of nitrogen functional groups attached to an aromatic ring is 1. The number of thioether (sulfide) groups is 1. The molecule has 2 N–H and O–H groups in total. The lowest BCUT2D eigenvalue weighted by Gasteiger charge is -2.21. The number of rotatable bonds is 7. The van der Waals surface area contributed by atoms with Gasteiger partial charge in [0.25, 0.3) is 0 Å². The van der Waals surface area contributed by atoms with Crippen molar-refractivity contribution in [2.45, 2.75) is 17.8 Å². The first kappa shape index (κ1) is 17.5. The number of halogens is 1. The molecule has 0 spiro atoms. The van der Waals surface area contributed by atoms with Crippen LogP contribution < -0.4 is 10.5 Å². The second kappa shape index (κ2) is 8.11. The molecule has 0 fully saturated rings. The molecule has 0 saturated heterocycles. The number of carbonyl (C=O) groups is 1. The van der Waals surface area contributed by atoms with Gasteiger partial charge in [-0.15, -0.1) is 10.2 Å². The Morgan fingerprint density at radius 2 is 2.26 bits per heavy atom. The van der Waals surface area contributed by atoms with E-state index in [1.165, 1.54) is 36.3 Å². The van der Waals surface area contributed by atoms with E-state index in [1.54, 1.807) is 17.0 Å². The predicted octanol–water partition coefficient (Wildman–Crippen LogP) is 2.41. The maximum absolute atomic E-state index is 13.7. The fraction of sp³-hybridized carbons (Fsp3) is 0.357. The monoisotopic (exact) mass is 356 g/mol. The number of amides is 1. The van der Waals surface area contributed by atoms with Gasteiger partial charge < -0.3 is 15.4 Å². The van der Waals surface area contributed by atoms with Crippen LogP contribution in [0.4, 0.5) is 9.52 Å². The summed E-state index contributed by atoms with van der Waals surface area (Å²) in [6, 6.07) is 4.69. The van der Waals surface area contributed by atoms with Crippen LogP contribution in [0.1, 0.15) is 12.5 Å². The highest BCUT2D eigenvalue weighted by Crippen LogP contribution is 2.24. The van der Waals surface area contributed by atoms with Gasteiger partial charge in [0, 0.05) is 13.1 Å². The van der Waals surface area contributed by atoms with Gasteiger partial charge in [-0.2, -0.15) is 0 Å². The van der Waals surface area contributed by atoms with E-state index in [0.717, 1.165) is 0 Å². The summed E-state index contributed by atoms with van der Waals surface area (Å²) in [4.78, 5) is 13.9. The van der Waals surface area contributed by atoms with Gasteiger partial charge in [-0.25, -0.2) is 4.39 Å². The predicted molar refractivity (Wildman–Crippen MR) is 89.1 cm³/mol. The fourth-order valence-electron chi connectivity index (χ4n) is 1.90. The van der Waals surface area contributed by atoms with Crippen LogP contribution in [0.15, 0.2) is 22.5 Å². The minimum atomic E-state index is -0.438. The molecule has 0 aliphatic rings. The number of ether oxygens (including phenoxy) is 1. The van der Waals surface area contributed by atoms with Gasteiger partial charge in [0.05, 0.1) is 12.9 Å². The molecule has 0 radical (unpaired) electrons. The number of methoxy groups -OCH3 is 1. The van der Waals surface area contributed by atoms with Crippen LogP contribution in [0.5, 0.6) is 5.75 Å². The average molecular weight is 356 g/mol. The van der Waals surface area contributed by atoms with Gasteiger partial charge in [-0.3, -0.25) is 4.79 Å². The van der Waals surface area contributed by atoms with E-state index in [-0.39, 0.29) is 17.4 Å². The van der Waals surface area contributed by atoms with E-state index in [0.29, 0.717) is 28.1 Å². The Bertz CT molecular complexity index is 681. The summed E-state index contributed by atoms with van der Waals surface area (Å²) in [5, 5.41) is 7.94. The first-order chi connectivity index (χ1) is 11.0. The number of nitrogens with two attached hydrogens (primary N) is 1. The fourth-order valence-corrected chi connectivity index (χ4v) is 3.44. The van der Waals surface area contributed by atoms with Crippen molar-refractivity contribution in [1.82, 2.24) is 15.1 Å². The van der Waals surface area contributed by atoms with Gasteiger partial charge in [0.1, 0.15) is 0 Å². The van der Waals surface area contributed by atoms with Gasteiger partial charge in [-0.05, 0) is 24.6 Å². The molecule has 9 heteroatoms. The summed E-state index contributed by atoms with van der Waals surface area (Å²) in [6.07, 6.45) is 0. The number of benzene rings is 1. The third-order valence-electron chi connectivity index (χ3n) is 3.07. The molecule has 0 unspecified atom stereocenters. The number of aromatic nitrogens is 2. The quantitative estimate of drug-likeness (QED) is 0.767. The maximum Gasteiger partial charge on any atom is 0.233 e. The van der Waals surface area contributed by atoms with Crippen molar-refractivity contribution in [2.75, 3.05) is 25.1 Å². The molecular weight excluding hydrogens is 339 g/mol. The van der Waals surface area contributed by atoms with E-state index in [1.807, 2.05) is 6.92 Å². The van der Waals surface area contributed by atoms with Crippen LogP contribution in [0.25, 0.3) is 0 Å². The van der Waals surface area contributed by atoms with E-state index < -0.39 is 5.82 Å². The number of hydrogen-bond donors (Lipinski definition) is 1. The molecule has 23 heavy (non-hydrogen) atoms. The first-order valence-corrected chi connectivity index (χ1v) is 8.65. The highest BCUT2D eigenvalue weighted by atomic mass is 32.2. The SMILES string of the molecule is CCN(Cc1ccc(OC)c(F)c1)C(=O)CSc1nnc(N)s1. The summed E-state index contributed by atoms with van der Waals surface area (Å²) >= 11 is 2.54. The normalized spacial score (nSPS) is 10.6. The Hall–Kier alpha value is -1.87. The van der Waals surface area contributed by atoms with E-state index in [4.69, 9.17) is 10.5 Å². The molecule has 124 valence electrons. The largest absolute Gasteiger partial charge is 0.494 e. The summed E-state index contributed by atoms with van der Waals surface area (Å²) < 4.78 is 19.3. The topological polar surface area (TPSA) is 81.3 Å². The van der Waals surface area contributed by atoms with Crippen molar-refractivity contribution in [3.63, 3.8) is 0 Å². The molecule has 1 amide bonds. The zero-order valence-corrected chi connectivity index (χ0v) is 14.4. The Labute approximate surface area is 141 Å². The van der Waals surface area contributed by atoms with E-state index >= 15 is 0 Å². The van der Waals surface area contributed by atoms with Gasteiger partial charge in [0.15, 0.2) is 15.9 Å². The van der Waals surface area contributed by atoms with Crippen molar-refractivity contribution in [3.05, 3.63) is 29.6 Å². The number of hydrogen-bond acceptors (Lipinski definition) is 7. The molecular formula is C14H17FN4O2S2. The van der Waals surface area contributed by atoms with Crippen LogP contribution in [-0.2, 0) is 11.3 Å². The molecule has 0 bridgehead atoms. The zero-order valence-electron chi connectivity index (χ0n) is 12.8. The molecule has 1 heterocycles. The van der Waals surface area contributed by atoms with Gasteiger partial charge in [0.2, 0.25) is 11.0 Å². The Kier molecular flexibility index (Phi) is 6.17. The number of anilines is 1. The van der Waals surface area contributed by atoms with E-state index in [2.05, 4.69) is 10.2 Å². The van der Waals surface area contributed by atoms with Crippen LogP contribution >= 0.6 is 23.1 Å². The third-order valence-corrected chi connectivity index (χ3v) is 4.94. The molecule has 2 rings (SSSR count). The van der Waals surface area contributed by atoms with Gasteiger partial charge >= 0.3 is 0 Å². The van der Waals surface area contributed by atoms with Crippen LogP contribution in [0.3, 0.4) is 0 Å². The highest BCUT2D eigenvalue weighted by Gasteiger charge is 2.15. The number of carbonyl (C=O) groups excluding carboxylic acids is 1. The molecule has 0 saturated carbocycles. The zero-order chi connectivity index (χ0) is 16.8. The van der Waals surface area contributed by atoms with Gasteiger partial charge in [-0.1, -0.05) is 29.2 Å². The summed E-state index contributed by atoms with van der Waals surface area (Å²) in [5.74, 6) is -0.0663. The average Bonchev–Trinajstić information content (AvgIpc) is 2.96. The highest BCUT2D eigenvalue weighted by molar-refractivity contribution is 8.01. The molecule has 0 aliphatic carbocycles. The molecule has 2 aromatic rings. The minimum absolute atomic E-state index is 0.0532. The lowest BCUT2D eigenvalue weighted by Crippen LogP contribution is -2.31. The Morgan fingerprint density at radius 1 is 1.48 bits per heavy atom. The smallest absolute Gasteiger partial charge is 0.233 e. The van der Waals surface area contributed by atoms with E-state index in [9.17, 15) is 9.18 Å². The molecule has 0 aliphatic heterocycles. The second-order valence-electron chi connectivity index (χ2n) is 4.57. The Morgan fingerprint density at radius 3 is 2.83 bits per heavy atom. The van der Waals surface area contributed by atoms with Crippen LogP contribution in [-0.4, -0.2) is 40.4 Å². The summed E-state index contributed by atoms with van der Waals surface area (Å²) in [5.41, 5.74) is 6.21. The molecule has 0 atom stereocenters. The molecule has 6 nitrogen and oxygen atoms in total. The van der Waals surface area contributed by atoms with Crippen LogP contribution in [0.2, 0.25) is 0 Å².